The minimum absolute atomic E-state index is 0.0666. The Morgan fingerprint density at radius 1 is 1.44 bits per heavy atom. The van der Waals surface area contributed by atoms with E-state index in [1.807, 2.05) is 0 Å². The molecule has 0 spiro atoms. The van der Waals surface area contributed by atoms with Crippen molar-refractivity contribution < 1.29 is 9.53 Å². The maximum Gasteiger partial charge on any atom is 0.223 e. The molecule has 1 rings (SSSR count). The predicted octanol–water partition coefficient (Wildman–Crippen LogP) is 2.33. The first kappa shape index (κ1) is 13.8. The summed E-state index contributed by atoms with van der Waals surface area (Å²) < 4.78 is 5.07. The lowest BCUT2D eigenvalue weighted by molar-refractivity contribution is -0.127. The van der Waals surface area contributed by atoms with Crippen molar-refractivity contribution in [2.75, 3.05) is 19.6 Å². The predicted molar refractivity (Wildman–Crippen MR) is 65.7 cm³/mol. The van der Waals surface area contributed by atoms with Gasteiger partial charge >= 0.3 is 0 Å². The van der Waals surface area contributed by atoms with Crippen LogP contribution in [0.2, 0.25) is 0 Å². The van der Waals surface area contributed by atoms with Crippen molar-refractivity contribution in [3.8, 4) is 0 Å². The zero-order chi connectivity index (χ0) is 11.8. The lowest BCUT2D eigenvalue weighted by Gasteiger charge is -2.24. The second-order valence-corrected chi connectivity index (χ2v) is 4.85. The van der Waals surface area contributed by atoms with Gasteiger partial charge in [-0.15, -0.1) is 11.6 Å². The second-order valence-electron chi connectivity index (χ2n) is 4.47. The van der Waals surface area contributed by atoms with Gasteiger partial charge in [0, 0.05) is 18.9 Å². The van der Waals surface area contributed by atoms with Gasteiger partial charge in [0.2, 0.25) is 5.91 Å². The minimum atomic E-state index is 0.0666. The highest BCUT2D eigenvalue weighted by Crippen LogP contribution is 2.23. The molecule has 16 heavy (non-hydrogen) atoms. The van der Waals surface area contributed by atoms with Crippen LogP contribution in [-0.2, 0) is 9.53 Å². The van der Waals surface area contributed by atoms with Crippen molar-refractivity contribution in [3.63, 3.8) is 0 Å². The third-order valence-electron chi connectivity index (χ3n) is 3.15. The average molecular weight is 248 g/mol. The number of nitrogens with one attached hydrogen (secondary N) is 1. The first-order valence-corrected chi connectivity index (χ1v) is 6.66. The summed E-state index contributed by atoms with van der Waals surface area (Å²) in [5.41, 5.74) is 0. The number of rotatable bonds is 6. The fourth-order valence-electron chi connectivity index (χ4n) is 2.21. The van der Waals surface area contributed by atoms with Gasteiger partial charge in [-0.25, -0.2) is 0 Å². The number of methoxy groups -OCH3 is 1. The number of hydrogen-bond donors (Lipinski definition) is 1. The number of halogens is 1. The summed E-state index contributed by atoms with van der Waals surface area (Å²) in [7, 11) is 1.65. The number of carbonyl (C=O) groups excluding carboxylic acids is 1. The van der Waals surface area contributed by atoms with Gasteiger partial charge in [-0.1, -0.05) is 19.3 Å². The van der Waals surface area contributed by atoms with E-state index in [9.17, 15) is 4.79 Å². The number of ether oxygens (including phenoxy) is 1. The molecule has 1 fully saturated rings. The fraction of sp³-hybridized carbons (Fsp3) is 0.917. The van der Waals surface area contributed by atoms with Gasteiger partial charge in [0.05, 0.1) is 12.6 Å². The second kappa shape index (κ2) is 7.91. The molecule has 3 nitrogen and oxygen atoms in total. The Balaban J connectivity index is 2.33. The molecule has 1 amide bonds. The average Bonchev–Trinajstić information content (AvgIpc) is 2.31. The van der Waals surface area contributed by atoms with Crippen molar-refractivity contribution in [2.45, 2.75) is 44.6 Å². The van der Waals surface area contributed by atoms with E-state index in [0.29, 0.717) is 12.5 Å². The molecule has 0 saturated heterocycles. The van der Waals surface area contributed by atoms with Crippen molar-refractivity contribution >= 4 is 17.5 Å². The highest BCUT2D eigenvalue weighted by Gasteiger charge is 2.22. The SMILES string of the molecule is COCC(CCCl)NC(=O)C1CCCCC1. The molecular weight excluding hydrogens is 226 g/mol. The molecule has 0 bridgehead atoms. The van der Waals surface area contributed by atoms with Crippen molar-refractivity contribution in [1.29, 1.82) is 0 Å². The van der Waals surface area contributed by atoms with E-state index in [0.717, 1.165) is 19.3 Å². The quantitative estimate of drug-likeness (QED) is 0.732. The molecule has 1 unspecified atom stereocenters. The third-order valence-corrected chi connectivity index (χ3v) is 3.37. The van der Waals surface area contributed by atoms with Crippen molar-refractivity contribution in [2.24, 2.45) is 5.92 Å². The van der Waals surface area contributed by atoms with E-state index < -0.39 is 0 Å². The van der Waals surface area contributed by atoms with Gasteiger partial charge in [0.1, 0.15) is 0 Å². The molecule has 94 valence electrons. The van der Waals surface area contributed by atoms with E-state index >= 15 is 0 Å². The van der Waals surface area contributed by atoms with Gasteiger partial charge in [0.15, 0.2) is 0 Å². The van der Waals surface area contributed by atoms with Crippen molar-refractivity contribution in [1.82, 2.24) is 5.32 Å². The van der Waals surface area contributed by atoms with Crippen LogP contribution in [0.3, 0.4) is 0 Å². The highest BCUT2D eigenvalue weighted by molar-refractivity contribution is 6.17. The summed E-state index contributed by atoms with van der Waals surface area (Å²) in [5, 5.41) is 3.04. The summed E-state index contributed by atoms with van der Waals surface area (Å²) in [4.78, 5) is 11.9. The van der Waals surface area contributed by atoms with Crippen molar-refractivity contribution in [3.05, 3.63) is 0 Å². The Morgan fingerprint density at radius 2 is 2.12 bits per heavy atom. The zero-order valence-electron chi connectivity index (χ0n) is 10.0. The maximum atomic E-state index is 11.9. The molecule has 1 saturated carbocycles. The molecule has 1 N–H and O–H groups in total. The van der Waals surface area contributed by atoms with E-state index in [2.05, 4.69) is 5.32 Å². The Kier molecular flexibility index (Phi) is 6.81. The smallest absolute Gasteiger partial charge is 0.223 e. The summed E-state index contributed by atoms with van der Waals surface area (Å²) in [6.45, 7) is 0.547. The minimum Gasteiger partial charge on any atom is -0.383 e. The molecule has 1 aliphatic carbocycles. The Labute approximate surface area is 103 Å². The first-order chi connectivity index (χ1) is 7.77. The van der Waals surface area contributed by atoms with Crippen LogP contribution in [0.25, 0.3) is 0 Å². The molecule has 0 aromatic rings. The molecule has 4 heteroatoms. The monoisotopic (exact) mass is 247 g/mol. The zero-order valence-corrected chi connectivity index (χ0v) is 10.8. The molecule has 1 atom stereocenters. The van der Waals surface area contributed by atoms with Gasteiger partial charge in [-0.2, -0.15) is 0 Å². The summed E-state index contributed by atoms with van der Waals surface area (Å²) in [6, 6.07) is 0.0666. The summed E-state index contributed by atoms with van der Waals surface area (Å²) >= 11 is 5.69. The van der Waals surface area contributed by atoms with Crippen LogP contribution < -0.4 is 5.32 Å². The highest BCUT2D eigenvalue weighted by atomic mass is 35.5. The standard InChI is InChI=1S/C12H22ClNO2/c1-16-9-11(7-8-13)14-12(15)10-5-3-2-4-6-10/h10-11H,2-9H2,1H3,(H,14,15). The van der Waals surface area contributed by atoms with Gasteiger partial charge in [-0.05, 0) is 19.3 Å². The molecule has 0 aromatic carbocycles. The maximum absolute atomic E-state index is 11.9. The van der Waals surface area contributed by atoms with E-state index in [1.165, 1.54) is 19.3 Å². The van der Waals surface area contributed by atoms with Gasteiger partial charge < -0.3 is 10.1 Å². The number of amides is 1. The number of hydrogen-bond acceptors (Lipinski definition) is 2. The molecule has 1 aliphatic rings. The third kappa shape index (κ3) is 4.71. The normalized spacial score (nSPS) is 19.4. The van der Waals surface area contributed by atoms with Crippen LogP contribution in [0.5, 0.6) is 0 Å². The topological polar surface area (TPSA) is 38.3 Å². The van der Waals surface area contributed by atoms with Crippen LogP contribution in [0.1, 0.15) is 38.5 Å². The van der Waals surface area contributed by atoms with Crippen LogP contribution >= 0.6 is 11.6 Å². The molecular formula is C12H22ClNO2. The lowest BCUT2D eigenvalue weighted by Crippen LogP contribution is -2.42. The summed E-state index contributed by atoms with van der Waals surface area (Å²) in [6.07, 6.45) is 6.48. The Bertz CT molecular complexity index is 199. The van der Waals surface area contributed by atoms with Crippen LogP contribution in [0, 0.1) is 5.92 Å². The van der Waals surface area contributed by atoms with Crippen LogP contribution in [0.4, 0.5) is 0 Å². The van der Waals surface area contributed by atoms with Gasteiger partial charge in [-0.3, -0.25) is 4.79 Å². The molecule has 0 aromatic heterocycles. The lowest BCUT2D eigenvalue weighted by atomic mass is 9.88. The largest absolute Gasteiger partial charge is 0.383 e. The van der Waals surface area contributed by atoms with E-state index in [-0.39, 0.29) is 17.9 Å². The molecule has 0 aliphatic heterocycles. The van der Waals surface area contributed by atoms with Crippen LogP contribution in [0.15, 0.2) is 0 Å². The van der Waals surface area contributed by atoms with Crippen LogP contribution in [-0.4, -0.2) is 31.5 Å². The Hall–Kier alpha value is -0.280. The first-order valence-electron chi connectivity index (χ1n) is 6.13. The van der Waals surface area contributed by atoms with E-state index in [4.69, 9.17) is 16.3 Å². The van der Waals surface area contributed by atoms with Gasteiger partial charge in [0.25, 0.3) is 0 Å². The number of alkyl halides is 1. The summed E-state index contributed by atoms with van der Waals surface area (Å²) in [5.74, 6) is 0.953. The molecule has 0 heterocycles. The number of carbonyl (C=O) groups is 1. The van der Waals surface area contributed by atoms with E-state index in [1.54, 1.807) is 7.11 Å². The fourth-order valence-corrected chi connectivity index (χ4v) is 2.48. The Morgan fingerprint density at radius 3 is 2.69 bits per heavy atom. The molecule has 0 radical (unpaired) electrons.